The van der Waals surface area contributed by atoms with Crippen molar-refractivity contribution >= 4 is 27.3 Å². The zero-order chi connectivity index (χ0) is 7.56. The number of rotatable bonds is 2. The van der Waals surface area contributed by atoms with E-state index in [1.54, 1.807) is 11.3 Å². The van der Waals surface area contributed by atoms with E-state index in [9.17, 15) is 0 Å². The molecule has 0 bridgehead atoms. The van der Waals surface area contributed by atoms with Crippen molar-refractivity contribution in [2.45, 2.75) is 13.3 Å². The summed E-state index contributed by atoms with van der Waals surface area (Å²) in [7, 11) is 0. The molecule has 1 aromatic heterocycles. The van der Waals surface area contributed by atoms with E-state index in [1.165, 1.54) is 0 Å². The van der Waals surface area contributed by atoms with Crippen LogP contribution < -0.4 is 0 Å². The van der Waals surface area contributed by atoms with E-state index in [0.717, 1.165) is 14.5 Å². The first-order valence-corrected chi connectivity index (χ1v) is 4.57. The number of aryl methyl sites for hydroxylation is 1. The van der Waals surface area contributed by atoms with Gasteiger partial charge in [-0.05, 0) is 22.9 Å². The van der Waals surface area contributed by atoms with E-state index < -0.39 is 0 Å². The Bertz CT molecular complexity index is 224. The normalized spacial score (nSPS) is 10.3. The maximum atomic E-state index is 8.60. The number of aliphatic hydroxyl groups excluding tert-OH is 1. The Kier molecular flexibility index (Phi) is 2.82. The molecule has 1 rings (SSSR count). The van der Waals surface area contributed by atoms with Gasteiger partial charge in [0, 0.05) is 13.0 Å². The number of hydrogen-bond acceptors (Lipinski definition) is 3. The van der Waals surface area contributed by atoms with Crippen molar-refractivity contribution in [1.29, 1.82) is 0 Å². The van der Waals surface area contributed by atoms with Gasteiger partial charge in [0.1, 0.15) is 0 Å². The lowest BCUT2D eigenvalue weighted by atomic mass is 10.4. The van der Waals surface area contributed by atoms with Crippen LogP contribution in [0.1, 0.15) is 10.7 Å². The van der Waals surface area contributed by atoms with Crippen LogP contribution in [0.3, 0.4) is 0 Å². The second-order valence-electron chi connectivity index (χ2n) is 1.93. The molecule has 0 aliphatic carbocycles. The van der Waals surface area contributed by atoms with Crippen LogP contribution in [0.15, 0.2) is 3.79 Å². The van der Waals surface area contributed by atoms with E-state index in [2.05, 4.69) is 20.9 Å². The molecule has 2 nitrogen and oxygen atoms in total. The van der Waals surface area contributed by atoms with Crippen molar-refractivity contribution in [2.75, 3.05) is 6.61 Å². The van der Waals surface area contributed by atoms with Gasteiger partial charge in [-0.25, -0.2) is 4.98 Å². The SMILES string of the molecule is Cc1nc(CCO)c(Br)s1. The molecule has 1 N–H and O–H groups in total. The van der Waals surface area contributed by atoms with E-state index in [4.69, 9.17) is 5.11 Å². The lowest BCUT2D eigenvalue weighted by molar-refractivity contribution is 0.298. The molecule has 0 atom stereocenters. The van der Waals surface area contributed by atoms with Gasteiger partial charge in [0.05, 0.1) is 14.5 Å². The summed E-state index contributed by atoms with van der Waals surface area (Å²) in [5.41, 5.74) is 0.963. The molecular weight excluding hydrogens is 214 g/mol. The van der Waals surface area contributed by atoms with Crippen LogP contribution in [0.4, 0.5) is 0 Å². The summed E-state index contributed by atoms with van der Waals surface area (Å²) in [5.74, 6) is 0. The third-order valence-corrected chi connectivity index (χ3v) is 2.85. The third kappa shape index (κ3) is 1.78. The molecule has 0 aliphatic heterocycles. The molecule has 0 fully saturated rings. The molecule has 0 saturated heterocycles. The summed E-state index contributed by atoms with van der Waals surface area (Å²) in [6, 6.07) is 0. The van der Waals surface area contributed by atoms with Crippen LogP contribution in [0.2, 0.25) is 0 Å². The summed E-state index contributed by atoms with van der Waals surface area (Å²) < 4.78 is 1.04. The number of aromatic nitrogens is 1. The smallest absolute Gasteiger partial charge is 0.0932 e. The molecule has 0 saturated carbocycles. The molecule has 0 aliphatic rings. The van der Waals surface area contributed by atoms with Gasteiger partial charge in [0.2, 0.25) is 0 Å². The average molecular weight is 222 g/mol. The van der Waals surface area contributed by atoms with Crippen LogP contribution in [-0.4, -0.2) is 16.7 Å². The second kappa shape index (κ2) is 3.46. The van der Waals surface area contributed by atoms with Gasteiger partial charge in [-0.2, -0.15) is 0 Å². The number of thiazole rings is 1. The molecule has 4 heteroatoms. The van der Waals surface area contributed by atoms with Crippen LogP contribution >= 0.6 is 27.3 Å². The minimum atomic E-state index is 0.168. The second-order valence-corrected chi connectivity index (χ2v) is 4.45. The molecular formula is C6H8BrNOS. The van der Waals surface area contributed by atoms with E-state index in [0.29, 0.717) is 6.42 Å². The van der Waals surface area contributed by atoms with Crippen LogP contribution in [0, 0.1) is 6.92 Å². The zero-order valence-corrected chi connectivity index (χ0v) is 8.00. The monoisotopic (exact) mass is 221 g/mol. The molecule has 1 aromatic rings. The largest absolute Gasteiger partial charge is 0.396 e. The van der Waals surface area contributed by atoms with Crippen molar-refractivity contribution in [3.63, 3.8) is 0 Å². The molecule has 0 amide bonds. The molecule has 56 valence electrons. The minimum Gasteiger partial charge on any atom is -0.396 e. The summed E-state index contributed by atoms with van der Waals surface area (Å²) in [6.07, 6.45) is 0.644. The van der Waals surface area contributed by atoms with Gasteiger partial charge in [-0.1, -0.05) is 0 Å². The fraction of sp³-hybridized carbons (Fsp3) is 0.500. The molecule has 0 spiro atoms. The van der Waals surface area contributed by atoms with Gasteiger partial charge >= 0.3 is 0 Å². The van der Waals surface area contributed by atoms with E-state index in [1.807, 2.05) is 6.92 Å². The predicted molar refractivity (Wildman–Crippen MR) is 45.3 cm³/mol. The number of halogens is 1. The molecule has 10 heavy (non-hydrogen) atoms. The van der Waals surface area contributed by atoms with Gasteiger partial charge in [-0.15, -0.1) is 11.3 Å². The average Bonchev–Trinajstić information content (AvgIpc) is 2.13. The third-order valence-electron chi connectivity index (χ3n) is 1.11. The predicted octanol–water partition coefficient (Wildman–Crippen LogP) is 1.75. The topological polar surface area (TPSA) is 33.1 Å². The maximum Gasteiger partial charge on any atom is 0.0932 e. The number of hydrogen-bond donors (Lipinski definition) is 1. The Morgan fingerprint density at radius 3 is 2.80 bits per heavy atom. The number of nitrogens with zero attached hydrogens (tertiary/aromatic N) is 1. The van der Waals surface area contributed by atoms with Crippen LogP contribution in [-0.2, 0) is 6.42 Å². The van der Waals surface area contributed by atoms with Crippen molar-refractivity contribution in [2.24, 2.45) is 0 Å². The first-order valence-electron chi connectivity index (χ1n) is 2.96. The summed E-state index contributed by atoms with van der Waals surface area (Å²) >= 11 is 4.97. The van der Waals surface area contributed by atoms with Crippen LogP contribution in [0.5, 0.6) is 0 Å². The van der Waals surface area contributed by atoms with Crippen LogP contribution in [0.25, 0.3) is 0 Å². The fourth-order valence-electron chi connectivity index (χ4n) is 0.705. The summed E-state index contributed by atoms with van der Waals surface area (Å²) in [6.45, 7) is 2.12. The van der Waals surface area contributed by atoms with E-state index >= 15 is 0 Å². The Hall–Kier alpha value is 0.0700. The standard InChI is InChI=1S/C6H8BrNOS/c1-4-8-5(2-3-9)6(7)10-4/h9H,2-3H2,1H3. The van der Waals surface area contributed by atoms with Crippen molar-refractivity contribution in [3.8, 4) is 0 Å². The Labute approximate surface area is 72.0 Å². The highest BCUT2D eigenvalue weighted by atomic mass is 79.9. The highest BCUT2D eigenvalue weighted by Gasteiger charge is 2.03. The lowest BCUT2D eigenvalue weighted by Crippen LogP contribution is -1.90. The quantitative estimate of drug-likeness (QED) is 0.826. The summed E-state index contributed by atoms with van der Waals surface area (Å²) in [4.78, 5) is 4.21. The molecule has 0 radical (unpaired) electrons. The van der Waals surface area contributed by atoms with Gasteiger partial charge in [0.25, 0.3) is 0 Å². The lowest BCUT2D eigenvalue weighted by Gasteiger charge is -1.89. The Morgan fingerprint density at radius 2 is 2.40 bits per heavy atom. The van der Waals surface area contributed by atoms with Gasteiger partial charge < -0.3 is 5.11 Å². The van der Waals surface area contributed by atoms with Gasteiger partial charge in [-0.3, -0.25) is 0 Å². The maximum absolute atomic E-state index is 8.60. The molecule has 0 unspecified atom stereocenters. The fourth-order valence-corrected chi connectivity index (χ4v) is 2.38. The summed E-state index contributed by atoms with van der Waals surface area (Å²) in [5, 5.41) is 9.63. The Morgan fingerprint density at radius 1 is 1.70 bits per heavy atom. The van der Waals surface area contributed by atoms with Crippen molar-refractivity contribution in [1.82, 2.24) is 4.98 Å². The minimum absolute atomic E-state index is 0.168. The van der Waals surface area contributed by atoms with Gasteiger partial charge in [0.15, 0.2) is 0 Å². The van der Waals surface area contributed by atoms with E-state index in [-0.39, 0.29) is 6.61 Å². The first-order chi connectivity index (χ1) is 4.74. The number of aliphatic hydroxyl groups is 1. The van der Waals surface area contributed by atoms with Crippen molar-refractivity contribution < 1.29 is 5.11 Å². The van der Waals surface area contributed by atoms with Crippen molar-refractivity contribution in [3.05, 3.63) is 14.5 Å². The zero-order valence-electron chi connectivity index (χ0n) is 5.59. The highest BCUT2D eigenvalue weighted by Crippen LogP contribution is 2.24. The Balaban J connectivity index is 2.81. The molecule has 1 heterocycles. The first kappa shape index (κ1) is 8.17. The highest BCUT2D eigenvalue weighted by molar-refractivity contribution is 9.11. The molecule has 0 aromatic carbocycles.